The Morgan fingerprint density at radius 1 is 1.27 bits per heavy atom. The number of benzene rings is 1. The number of fused-ring (bicyclic) bond motifs is 2. The Balaban J connectivity index is 1.47. The average Bonchev–Trinajstić information content (AvgIpc) is 2.94. The molecule has 6 heteroatoms. The fourth-order valence-corrected chi connectivity index (χ4v) is 4.35. The van der Waals surface area contributed by atoms with Gasteiger partial charge in [-0.05, 0) is 37.3 Å². The highest BCUT2D eigenvalue weighted by Crippen LogP contribution is 2.46. The van der Waals surface area contributed by atoms with Crippen LogP contribution >= 0.6 is 0 Å². The fraction of sp³-hybridized carbons (Fsp3) is 0.450. The summed E-state index contributed by atoms with van der Waals surface area (Å²) in [5.74, 6) is 0.496. The molecule has 2 aromatic rings. The molecule has 1 fully saturated rings. The van der Waals surface area contributed by atoms with Gasteiger partial charge < -0.3 is 15.3 Å². The van der Waals surface area contributed by atoms with Gasteiger partial charge in [0, 0.05) is 37.4 Å². The largest absolute Gasteiger partial charge is 0.392 e. The Labute approximate surface area is 153 Å². The molecule has 1 aliphatic carbocycles. The molecule has 2 N–H and O–H groups in total. The van der Waals surface area contributed by atoms with E-state index in [9.17, 15) is 9.90 Å². The van der Waals surface area contributed by atoms with Crippen molar-refractivity contribution >= 4 is 11.9 Å². The standard InChI is InChI=1S/C20H24N4O2/c1-2-21-19-22-12-15(13-23-19)18(26)24-9-7-20(8-10-24)16-6-4-3-5-14(16)11-17(20)25/h3-6,12-13,17,25H,2,7-11H2,1H3,(H,21,22,23). The molecular weight excluding hydrogens is 328 g/mol. The number of likely N-dealkylation sites (tertiary alicyclic amines) is 1. The smallest absolute Gasteiger partial charge is 0.256 e. The number of aliphatic hydroxyl groups excluding tert-OH is 1. The third kappa shape index (κ3) is 2.74. The number of piperidine rings is 1. The summed E-state index contributed by atoms with van der Waals surface area (Å²) < 4.78 is 0. The summed E-state index contributed by atoms with van der Waals surface area (Å²) in [6.45, 7) is 3.99. The monoisotopic (exact) mass is 352 g/mol. The number of aliphatic hydroxyl groups is 1. The van der Waals surface area contributed by atoms with Crippen LogP contribution in [0.1, 0.15) is 41.3 Å². The maximum Gasteiger partial charge on any atom is 0.256 e. The lowest BCUT2D eigenvalue weighted by Gasteiger charge is -2.42. The fourth-order valence-electron chi connectivity index (χ4n) is 4.35. The first-order valence-electron chi connectivity index (χ1n) is 9.25. The molecule has 4 rings (SSSR count). The van der Waals surface area contributed by atoms with Gasteiger partial charge in [-0.25, -0.2) is 9.97 Å². The van der Waals surface area contributed by atoms with Crippen molar-refractivity contribution in [1.29, 1.82) is 0 Å². The van der Waals surface area contributed by atoms with Crippen LogP contribution in [0.15, 0.2) is 36.7 Å². The Morgan fingerprint density at radius 2 is 1.96 bits per heavy atom. The highest BCUT2D eigenvalue weighted by atomic mass is 16.3. The Morgan fingerprint density at radius 3 is 2.65 bits per heavy atom. The van der Waals surface area contributed by atoms with Crippen molar-refractivity contribution in [2.24, 2.45) is 0 Å². The molecule has 136 valence electrons. The minimum absolute atomic E-state index is 0.0383. The molecule has 2 heterocycles. The molecule has 0 saturated carbocycles. The van der Waals surface area contributed by atoms with Crippen LogP contribution in [0.2, 0.25) is 0 Å². The average molecular weight is 352 g/mol. The summed E-state index contributed by atoms with van der Waals surface area (Å²) >= 11 is 0. The third-order valence-corrected chi connectivity index (χ3v) is 5.78. The topological polar surface area (TPSA) is 78.4 Å². The first-order valence-corrected chi connectivity index (χ1v) is 9.25. The Hall–Kier alpha value is -2.47. The van der Waals surface area contributed by atoms with Gasteiger partial charge in [-0.1, -0.05) is 24.3 Å². The lowest BCUT2D eigenvalue weighted by atomic mass is 9.72. The first-order chi connectivity index (χ1) is 12.6. The van der Waals surface area contributed by atoms with E-state index in [0.717, 1.165) is 19.4 Å². The summed E-state index contributed by atoms with van der Waals surface area (Å²) in [6, 6.07) is 8.31. The van der Waals surface area contributed by atoms with Crippen LogP contribution < -0.4 is 5.32 Å². The van der Waals surface area contributed by atoms with E-state index in [-0.39, 0.29) is 17.4 Å². The zero-order chi connectivity index (χ0) is 18.1. The van der Waals surface area contributed by atoms with Crippen LogP contribution in [0, 0.1) is 0 Å². The zero-order valence-corrected chi connectivity index (χ0v) is 15.0. The highest BCUT2D eigenvalue weighted by molar-refractivity contribution is 5.93. The molecule has 1 aromatic heterocycles. The van der Waals surface area contributed by atoms with Gasteiger partial charge in [0.25, 0.3) is 5.91 Å². The molecular formula is C20H24N4O2. The van der Waals surface area contributed by atoms with E-state index in [1.165, 1.54) is 11.1 Å². The third-order valence-electron chi connectivity index (χ3n) is 5.78. The van der Waals surface area contributed by atoms with Gasteiger partial charge in [0.15, 0.2) is 0 Å². The molecule has 1 spiro atoms. The molecule has 1 saturated heterocycles. The van der Waals surface area contributed by atoms with Crippen molar-refractivity contribution in [3.63, 3.8) is 0 Å². The molecule has 0 bridgehead atoms. The maximum absolute atomic E-state index is 12.8. The van der Waals surface area contributed by atoms with Gasteiger partial charge in [0.2, 0.25) is 5.95 Å². The number of hydrogen-bond acceptors (Lipinski definition) is 5. The number of hydrogen-bond donors (Lipinski definition) is 2. The number of aromatic nitrogens is 2. The van der Waals surface area contributed by atoms with Crippen molar-refractivity contribution in [2.75, 3.05) is 25.0 Å². The predicted octanol–water partition coefficient (Wildman–Crippen LogP) is 2.00. The minimum atomic E-state index is -0.361. The summed E-state index contributed by atoms with van der Waals surface area (Å²) in [4.78, 5) is 23.0. The van der Waals surface area contributed by atoms with E-state index in [1.54, 1.807) is 12.4 Å². The van der Waals surface area contributed by atoms with Crippen molar-refractivity contribution in [3.05, 3.63) is 53.3 Å². The van der Waals surface area contributed by atoms with E-state index in [1.807, 2.05) is 24.0 Å². The van der Waals surface area contributed by atoms with E-state index in [2.05, 4.69) is 27.4 Å². The van der Waals surface area contributed by atoms with Crippen molar-refractivity contribution in [3.8, 4) is 0 Å². The van der Waals surface area contributed by atoms with E-state index < -0.39 is 0 Å². The summed E-state index contributed by atoms with van der Waals surface area (Å²) in [6.07, 6.45) is 5.08. The van der Waals surface area contributed by atoms with Gasteiger partial charge in [0.05, 0.1) is 11.7 Å². The molecule has 26 heavy (non-hydrogen) atoms. The lowest BCUT2D eigenvalue weighted by molar-refractivity contribution is 0.0365. The molecule has 1 amide bonds. The Kier molecular flexibility index (Phi) is 4.36. The summed E-state index contributed by atoms with van der Waals surface area (Å²) in [5.41, 5.74) is 2.80. The van der Waals surface area contributed by atoms with Crippen molar-refractivity contribution in [2.45, 2.75) is 37.7 Å². The summed E-state index contributed by atoms with van der Waals surface area (Å²) in [5, 5.41) is 13.7. The minimum Gasteiger partial charge on any atom is -0.392 e. The Bertz CT molecular complexity index is 798. The van der Waals surface area contributed by atoms with Crippen LogP contribution in [-0.2, 0) is 11.8 Å². The second kappa shape index (κ2) is 6.68. The summed E-state index contributed by atoms with van der Waals surface area (Å²) in [7, 11) is 0. The van der Waals surface area contributed by atoms with Crippen LogP contribution in [0.4, 0.5) is 5.95 Å². The predicted molar refractivity (Wildman–Crippen MR) is 99.2 cm³/mol. The molecule has 6 nitrogen and oxygen atoms in total. The quantitative estimate of drug-likeness (QED) is 0.883. The van der Waals surface area contributed by atoms with Crippen LogP contribution in [-0.4, -0.2) is 51.6 Å². The number of amides is 1. The van der Waals surface area contributed by atoms with Crippen LogP contribution in [0.5, 0.6) is 0 Å². The maximum atomic E-state index is 12.8. The van der Waals surface area contributed by atoms with Crippen molar-refractivity contribution < 1.29 is 9.90 Å². The molecule has 1 unspecified atom stereocenters. The van der Waals surface area contributed by atoms with Gasteiger partial charge in [-0.2, -0.15) is 0 Å². The molecule has 1 aliphatic heterocycles. The molecule has 1 aromatic carbocycles. The van der Waals surface area contributed by atoms with Gasteiger partial charge in [-0.3, -0.25) is 4.79 Å². The number of anilines is 1. The zero-order valence-electron chi connectivity index (χ0n) is 15.0. The number of carbonyl (C=O) groups excluding carboxylic acids is 1. The van der Waals surface area contributed by atoms with E-state index in [0.29, 0.717) is 31.0 Å². The molecule has 0 radical (unpaired) electrons. The molecule has 2 aliphatic rings. The number of nitrogens with one attached hydrogen (secondary N) is 1. The van der Waals surface area contributed by atoms with E-state index >= 15 is 0 Å². The first kappa shape index (κ1) is 17.0. The van der Waals surface area contributed by atoms with Crippen LogP contribution in [0.3, 0.4) is 0 Å². The highest BCUT2D eigenvalue weighted by Gasteiger charge is 2.48. The second-order valence-corrected chi connectivity index (χ2v) is 7.15. The van der Waals surface area contributed by atoms with Gasteiger partial charge in [-0.15, -0.1) is 0 Å². The van der Waals surface area contributed by atoms with Gasteiger partial charge >= 0.3 is 0 Å². The normalized spacial score (nSPS) is 20.8. The SMILES string of the molecule is CCNc1ncc(C(=O)N2CCC3(CC2)c2ccccc2CC3O)cn1. The van der Waals surface area contributed by atoms with E-state index in [4.69, 9.17) is 0 Å². The van der Waals surface area contributed by atoms with Crippen molar-refractivity contribution in [1.82, 2.24) is 14.9 Å². The molecule has 1 atom stereocenters. The lowest BCUT2D eigenvalue weighted by Crippen LogP contribution is -2.49. The number of nitrogens with zero attached hydrogens (tertiary/aromatic N) is 3. The van der Waals surface area contributed by atoms with Crippen LogP contribution in [0.25, 0.3) is 0 Å². The second-order valence-electron chi connectivity index (χ2n) is 7.15. The van der Waals surface area contributed by atoms with Gasteiger partial charge in [0.1, 0.15) is 0 Å². The number of carbonyl (C=O) groups is 1. The number of rotatable bonds is 3.